The minimum atomic E-state index is 0.0110. The van der Waals surface area contributed by atoms with E-state index in [0.717, 1.165) is 0 Å². The van der Waals surface area contributed by atoms with Gasteiger partial charge in [0.1, 0.15) is 5.69 Å². The molecule has 0 spiro atoms. The largest absolute Gasteiger partial charge is 0.394 e. The van der Waals surface area contributed by atoms with Crippen LogP contribution in [0.5, 0.6) is 0 Å². The highest BCUT2D eigenvalue weighted by molar-refractivity contribution is 5.77. The number of imidazole rings is 1. The maximum Gasteiger partial charge on any atom is 0.275 e. The standard InChI is InChI=1S/C10H9N5O/c1-11-10-7-13-9-3-2-8(14-15(9)10)6-12-4-5-16/h2-3,6-7,16H,4-5H2. The Morgan fingerprint density at radius 2 is 2.44 bits per heavy atom. The third-order valence-corrected chi connectivity index (χ3v) is 1.93. The van der Waals surface area contributed by atoms with E-state index in [9.17, 15) is 0 Å². The average Bonchev–Trinajstić information content (AvgIpc) is 2.71. The third kappa shape index (κ3) is 1.89. The van der Waals surface area contributed by atoms with Crippen molar-refractivity contribution in [1.29, 1.82) is 0 Å². The van der Waals surface area contributed by atoms with E-state index < -0.39 is 0 Å². The average molecular weight is 215 g/mol. The first kappa shape index (κ1) is 10.3. The second-order valence-electron chi connectivity index (χ2n) is 3.02. The molecular formula is C10H9N5O. The van der Waals surface area contributed by atoms with Crippen LogP contribution in [-0.4, -0.2) is 39.1 Å². The summed E-state index contributed by atoms with van der Waals surface area (Å²) < 4.78 is 1.47. The molecule has 2 rings (SSSR count). The minimum absolute atomic E-state index is 0.0110. The summed E-state index contributed by atoms with van der Waals surface area (Å²) in [7, 11) is 0. The molecule has 0 saturated carbocycles. The maximum atomic E-state index is 8.58. The second-order valence-corrected chi connectivity index (χ2v) is 3.02. The molecule has 80 valence electrons. The fraction of sp³-hybridized carbons (Fsp3) is 0.200. The van der Waals surface area contributed by atoms with Crippen molar-refractivity contribution >= 4 is 17.7 Å². The van der Waals surface area contributed by atoms with Crippen molar-refractivity contribution < 1.29 is 5.11 Å². The summed E-state index contributed by atoms with van der Waals surface area (Å²) in [5.74, 6) is 0.368. The van der Waals surface area contributed by atoms with Gasteiger partial charge in [0.25, 0.3) is 5.82 Å². The fourth-order valence-electron chi connectivity index (χ4n) is 1.24. The van der Waals surface area contributed by atoms with Crippen LogP contribution in [0.1, 0.15) is 5.69 Å². The van der Waals surface area contributed by atoms with Crippen molar-refractivity contribution in [3.63, 3.8) is 0 Å². The Bertz CT molecular complexity index is 566. The summed E-state index contributed by atoms with van der Waals surface area (Å²) in [5.41, 5.74) is 1.26. The third-order valence-electron chi connectivity index (χ3n) is 1.93. The van der Waals surface area contributed by atoms with E-state index in [0.29, 0.717) is 23.7 Å². The molecule has 2 aromatic heterocycles. The second kappa shape index (κ2) is 4.51. The summed E-state index contributed by atoms with van der Waals surface area (Å²) >= 11 is 0. The van der Waals surface area contributed by atoms with Crippen molar-refractivity contribution in [3.05, 3.63) is 35.4 Å². The van der Waals surface area contributed by atoms with Crippen molar-refractivity contribution in [2.75, 3.05) is 13.2 Å². The highest BCUT2D eigenvalue weighted by Crippen LogP contribution is 2.12. The molecule has 0 fully saturated rings. The number of aliphatic hydroxyl groups excluding tert-OH is 1. The number of nitrogens with zero attached hydrogens (tertiary/aromatic N) is 5. The predicted molar refractivity (Wildman–Crippen MR) is 58.8 cm³/mol. The molecule has 0 aliphatic rings. The predicted octanol–water partition coefficient (Wildman–Crippen LogP) is 0.691. The van der Waals surface area contributed by atoms with Gasteiger partial charge in [-0.05, 0) is 6.07 Å². The van der Waals surface area contributed by atoms with E-state index >= 15 is 0 Å². The molecule has 16 heavy (non-hydrogen) atoms. The molecule has 0 atom stereocenters. The highest BCUT2D eigenvalue weighted by atomic mass is 16.3. The van der Waals surface area contributed by atoms with Crippen LogP contribution in [0.25, 0.3) is 10.5 Å². The lowest BCUT2D eigenvalue weighted by molar-refractivity contribution is 0.307. The molecule has 6 nitrogen and oxygen atoms in total. The van der Waals surface area contributed by atoms with Gasteiger partial charge in [-0.3, -0.25) is 4.99 Å². The highest BCUT2D eigenvalue weighted by Gasteiger charge is 2.05. The Balaban J connectivity index is 2.39. The zero-order chi connectivity index (χ0) is 11.4. The van der Waals surface area contributed by atoms with Gasteiger partial charge in [-0.25, -0.2) is 4.98 Å². The van der Waals surface area contributed by atoms with Gasteiger partial charge in [-0.2, -0.15) is 0 Å². The van der Waals surface area contributed by atoms with Crippen LogP contribution in [0.3, 0.4) is 0 Å². The molecule has 2 heterocycles. The molecular weight excluding hydrogens is 206 g/mol. The van der Waals surface area contributed by atoms with Gasteiger partial charge in [0.2, 0.25) is 5.65 Å². The van der Waals surface area contributed by atoms with Crippen LogP contribution in [0, 0.1) is 6.57 Å². The monoisotopic (exact) mass is 215 g/mol. The Morgan fingerprint density at radius 1 is 1.56 bits per heavy atom. The van der Waals surface area contributed by atoms with Crippen molar-refractivity contribution in [1.82, 2.24) is 14.6 Å². The molecule has 0 radical (unpaired) electrons. The first-order chi connectivity index (χ1) is 7.85. The molecule has 2 aromatic rings. The Labute approximate surface area is 91.7 Å². The summed E-state index contributed by atoms with van der Waals surface area (Å²) in [5, 5.41) is 12.8. The van der Waals surface area contributed by atoms with Gasteiger partial charge in [-0.15, -0.1) is 4.52 Å². The molecule has 0 bridgehead atoms. The van der Waals surface area contributed by atoms with Crippen LogP contribution in [-0.2, 0) is 0 Å². The number of fused-ring (bicyclic) bond motifs is 1. The number of aliphatic hydroxyl groups is 1. The lowest BCUT2D eigenvalue weighted by atomic mass is 10.4. The van der Waals surface area contributed by atoms with Crippen LogP contribution >= 0.6 is 0 Å². The molecule has 0 aliphatic heterocycles. The molecule has 0 saturated heterocycles. The van der Waals surface area contributed by atoms with Gasteiger partial charge in [0.15, 0.2) is 0 Å². The first-order valence-corrected chi connectivity index (χ1v) is 4.68. The fourth-order valence-corrected chi connectivity index (χ4v) is 1.24. The van der Waals surface area contributed by atoms with Gasteiger partial charge in [-0.1, -0.05) is 11.7 Å². The quantitative estimate of drug-likeness (QED) is 0.605. The van der Waals surface area contributed by atoms with Gasteiger partial charge >= 0.3 is 0 Å². The first-order valence-electron chi connectivity index (χ1n) is 4.68. The molecule has 6 heteroatoms. The molecule has 0 aliphatic carbocycles. The number of hydrogen-bond acceptors (Lipinski definition) is 4. The van der Waals surface area contributed by atoms with E-state index in [1.807, 2.05) is 0 Å². The summed E-state index contributed by atoms with van der Waals surface area (Å²) in [6.07, 6.45) is 3.04. The molecule has 1 N–H and O–H groups in total. The lowest BCUT2D eigenvalue weighted by Crippen LogP contribution is -1.97. The Morgan fingerprint density at radius 3 is 3.19 bits per heavy atom. The van der Waals surface area contributed by atoms with Crippen LogP contribution in [0.2, 0.25) is 0 Å². The number of rotatable bonds is 3. The molecule has 0 amide bonds. The Kier molecular flexibility index (Phi) is 2.89. The van der Waals surface area contributed by atoms with Crippen molar-refractivity contribution in [3.8, 4) is 0 Å². The van der Waals surface area contributed by atoms with Crippen LogP contribution in [0.4, 0.5) is 5.82 Å². The number of aromatic nitrogens is 3. The zero-order valence-electron chi connectivity index (χ0n) is 8.41. The van der Waals surface area contributed by atoms with Crippen LogP contribution in [0.15, 0.2) is 23.3 Å². The zero-order valence-corrected chi connectivity index (χ0v) is 8.41. The van der Waals surface area contributed by atoms with Crippen LogP contribution < -0.4 is 0 Å². The minimum Gasteiger partial charge on any atom is -0.394 e. The lowest BCUT2D eigenvalue weighted by Gasteiger charge is -1.92. The summed E-state index contributed by atoms with van der Waals surface area (Å²) in [4.78, 5) is 11.3. The van der Waals surface area contributed by atoms with Gasteiger partial charge in [0, 0.05) is 6.07 Å². The summed E-state index contributed by atoms with van der Waals surface area (Å²) in [6, 6.07) is 3.53. The number of hydrogen-bond donors (Lipinski definition) is 1. The topological polar surface area (TPSA) is 67.1 Å². The van der Waals surface area contributed by atoms with E-state index in [1.165, 1.54) is 10.7 Å². The molecule has 0 aromatic carbocycles. The normalized spacial score (nSPS) is 11.0. The number of aliphatic imine (C=N–C) groups is 1. The smallest absolute Gasteiger partial charge is 0.275 e. The SMILES string of the molecule is [C-]#[N+]c1cnc2ccc(C=NCCO)nn12. The molecule has 0 unspecified atom stereocenters. The summed E-state index contributed by atoms with van der Waals surface area (Å²) in [6.45, 7) is 7.30. The van der Waals surface area contributed by atoms with E-state index in [2.05, 4.69) is 19.9 Å². The van der Waals surface area contributed by atoms with E-state index in [4.69, 9.17) is 11.7 Å². The van der Waals surface area contributed by atoms with Crippen molar-refractivity contribution in [2.24, 2.45) is 4.99 Å². The van der Waals surface area contributed by atoms with E-state index in [-0.39, 0.29) is 6.61 Å². The van der Waals surface area contributed by atoms with Gasteiger partial charge < -0.3 is 9.95 Å². The van der Waals surface area contributed by atoms with E-state index in [1.54, 1.807) is 18.3 Å². The van der Waals surface area contributed by atoms with Crippen molar-refractivity contribution in [2.45, 2.75) is 0 Å². The Hall–Kier alpha value is -2.26. The maximum absolute atomic E-state index is 8.58. The van der Waals surface area contributed by atoms with Gasteiger partial charge in [0.05, 0.1) is 25.6 Å².